The summed E-state index contributed by atoms with van der Waals surface area (Å²) in [6.45, 7) is 5.91. The molecule has 2 aromatic heterocycles. The smallest absolute Gasteiger partial charge is 0.217 e. The van der Waals surface area contributed by atoms with E-state index in [2.05, 4.69) is 33.3 Å². The van der Waals surface area contributed by atoms with Crippen LogP contribution in [0.1, 0.15) is 44.1 Å². The van der Waals surface area contributed by atoms with Crippen LogP contribution in [0.5, 0.6) is 5.75 Å². The SMILES string of the molecule is Cc1nc(NC(C)c2cccc(OC(C)CCC(N)=O)c2)cc(-c2ccc3ncsc3c2)n1. The Bertz CT molecular complexity index is 1270. The number of hydrogen-bond donors (Lipinski definition) is 2. The number of aryl methyl sites for hydroxylation is 1. The van der Waals surface area contributed by atoms with Crippen molar-refractivity contribution in [1.82, 2.24) is 15.0 Å². The molecule has 0 aliphatic heterocycles. The summed E-state index contributed by atoms with van der Waals surface area (Å²) in [5, 5.41) is 3.48. The van der Waals surface area contributed by atoms with E-state index < -0.39 is 0 Å². The molecule has 4 rings (SSSR count). The monoisotopic (exact) mass is 461 g/mol. The van der Waals surface area contributed by atoms with Gasteiger partial charge in [-0.25, -0.2) is 15.0 Å². The van der Waals surface area contributed by atoms with Crippen LogP contribution in [0.4, 0.5) is 5.82 Å². The molecule has 0 saturated heterocycles. The fraction of sp³-hybridized carbons (Fsp3) is 0.280. The molecule has 8 heteroatoms. The second kappa shape index (κ2) is 9.95. The average Bonchev–Trinajstić information content (AvgIpc) is 3.25. The summed E-state index contributed by atoms with van der Waals surface area (Å²) in [4.78, 5) is 24.6. The zero-order chi connectivity index (χ0) is 23.4. The van der Waals surface area contributed by atoms with Gasteiger partial charge >= 0.3 is 0 Å². The molecule has 0 spiro atoms. The minimum atomic E-state index is -0.316. The molecule has 3 N–H and O–H groups in total. The Morgan fingerprint density at radius 3 is 2.82 bits per heavy atom. The van der Waals surface area contributed by atoms with Crippen LogP contribution in [0.2, 0.25) is 0 Å². The van der Waals surface area contributed by atoms with Gasteiger partial charge in [0.1, 0.15) is 17.4 Å². The summed E-state index contributed by atoms with van der Waals surface area (Å²) >= 11 is 1.62. The van der Waals surface area contributed by atoms with Crippen LogP contribution < -0.4 is 15.8 Å². The Hall–Kier alpha value is -3.52. The number of amides is 1. The number of thiazole rings is 1. The maximum atomic E-state index is 11.0. The number of carbonyl (C=O) groups is 1. The highest BCUT2D eigenvalue weighted by Gasteiger charge is 2.12. The molecule has 2 heterocycles. The summed E-state index contributed by atoms with van der Waals surface area (Å²) in [6, 6.07) is 16.1. The van der Waals surface area contributed by atoms with Crippen molar-refractivity contribution in [3.8, 4) is 17.0 Å². The summed E-state index contributed by atoms with van der Waals surface area (Å²) in [5.41, 5.74) is 11.1. The van der Waals surface area contributed by atoms with Gasteiger partial charge in [-0.15, -0.1) is 11.3 Å². The molecule has 0 bridgehead atoms. The number of benzene rings is 2. The summed E-state index contributed by atoms with van der Waals surface area (Å²) in [6.07, 6.45) is 0.798. The molecule has 0 aliphatic carbocycles. The number of ether oxygens (including phenoxy) is 1. The fourth-order valence-corrected chi connectivity index (χ4v) is 4.32. The lowest BCUT2D eigenvalue weighted by Gasteiger charge is -2.18. The van der Waals surface area contributed by atoms with Crippen LogP contribution in [-0.2, 0) is 4.79 Å². The normalized spacial score (nSPS) is 12.9. The Balaban J connectivity index is 1.49. The molecule has 4 aromatic rings. The van der Waals surface area contributed by atoms with Crippen molar-refractivity contribution in [2.45, 2.75) is 45.8 Å². The molecule has 2 atom stereocenters. The third kappa shape index (κ3) is 5.84. The first-order valence-electron chi connectivity index (χ1n) is 10.9. The van der Waals surface area contributed by atoms with E-state index in [4.69, 9.17) is 10.5 Å². The van der Waals surface area contributed by atoms with Crippen molar-refractivity contribution >= 4 is 33.3 Å². The molecular weight excluding hydrogens is 434 g/mol. The zero-order valence-electron chi connectivity index (χ0n) is 18.9. The minimum absolute atomic E-state index is 0.000557. The fourth-order valence-electron chi connectivity index (χ4n) is 3.60. The molecule has 170 valence electrons. The van der Waals surface area contributed by atoms with Gasteiger partial charge in [-0.2, -0.15) is 0 Å². The molecular formula is C25H27N5O2S. The van der Waals surface area contributed by atoms with Crippen molar-refractivity contribution in [3.63, 3.8) is 0 Å². The van der Waals surface area contributed by atoms with Gasteiger partial charge in [0, 0.05) is 18.1 Å². The number of anilines is 1. The van der Waals surface area contributed by atoms with Crippen molar-refractivity contribution in [2.24, 2.45) is 5.73 Å². The molecule has 1 amide bonds. The van der Waals surface area contributed by atoms with Gasteiger partial charge in [-0.1, -0.05) is 18.2 Å². The maximum absolute atomic E-state index is 11.0. The summed E-state index contributed by atoms with van der Waals surface area (Å²) < 4.78 is 7.10. The molecule has 2 unspecified atom stereocenters. The summed E-state index contributed by atoms with van der Waals surface area (Å²) in [5.74, 6) is 1.90. The topological polar surface area (TPSA) is 103 Å². The standard InChI is InChI=1S/C25H27N5O2S/c1-15(7-10-24(26)31)32-20-6-4-5-18(11-20)16(2)28-25-13-22(29-17(3)30-25)19-8-9-21-23(12-19)33-14-27-21/h4-6,8-9,11-16H,7,10H2,1-3H3,(H2,26,31)(H,28,29,30). The van der Waals surface area contributed by atoms with Gasteiger partial charge < -0.3 is 15.8 Å². The van der Waals surface area contributed by atoms with Crippen LogP contribution in [0.15, 0.2) is 54.0 Å². The van der Waals surface area contributed by atoms with Gasteiger partial charge in [0.25, 0.3) is 0 Å². The lowest BCUT2D eigenvalue weighted by molar-refractivity contribution is -0.118. The molecule has 0 saturated carbocycles. The third-order valence-corrected chi connectivity index (χ3v) is 6.11. The first kappa shape index (κ1) is 22.7. The highest BCUT2D eigenvalue weighted by atomic mass is 32.1. The largest absolute Gasteiger partial charge is 0.491 e. The molecule has 33 heavy (non-hydrogen) atoms. The molecule has 2 aromatic carbocycles. The molecule has 0 aliphatic rings. The van der Waals surface area contributed by atoms with Crippen LogP contribution in [0.25, 0.3) is 21.5 Å². The van der Waals surface area contributed by atoms with Crippen molar-refractivity contribution < 1.29 is 9.53 Å². The van der Waals surface area contributed by atoms with Crippen molar-refractivity contribution in [3.05, 3.63) is 65.4 Å². The second-order valence-electron chi connectivity index (χ2n) is 8.09. The third-order valence-electron chi connectivity index (χ3n) is 5.32. The summed E-state index contributed by atoms with van der Waals surface area (Å²) in [7, 11) is 0. The number of aromatic nitrogens is 3. The van der Waals surface area contributed by atoms with E-state index in [1.807, 2.05) is 61.8 Å². The number of rotatable bonds is 9. The van der Waals surface area contributed by atoms with Crippen molar-refractivity contribution in [1.29, 1.82) is 0 Å². The first-order chi connectivity index (χ1) is 15.9. The lowest BCUT2D eigenvalue weighted by Crippen LogP contribution is -2.17. The molecule has 0 fully saturated rings. The number of nitrogens with zero attached hydrogens (tertiary/aromatic N) is 3. The van der Waals surface area contributed by atoms with Gasteiger partial charge in [0.15, 0.2) is 0 Å². The van der Waals surface area contributed by atoms with E-state index in [0.717, 1.165) is 38.6 Å². The Morgan fingerprint density at radius 1 is 1.15 bits per heavy atom. The predicted octanol–water partition coefficient (Wildman–Crippen LogP) is 5.27. The van der Waals surface area contributed by atoms with Crippen LogP contribution in [0.3, 0.4) is 0 Å². The van der Waals surface area contributed by atoms with E-state index in [1.165, 1.54) is 0 Å². The number of hydrogen-bond acceptors (Lipinski definition) is 7. The second-order valence-corrected chi connectivity index (χ2v) is 8.98. The highest BCUT2D eigenvalue weighted by molar-refractivity contribution is 7.16. The number of carbonyl (C=O) groups excluding carboxylic acids is 1. The Labute approximate surface area is 197 Å². The van der Waals surface area contributed by atoms with Gasteiger partial charge in [0.2, 0.25) is 5.91 Å². The zero-order valence-corrected chi connectivity index (χ0v) is 19.7. The van der Waals surface area contributed by atoms with Gasteiger partial charge in [-0.05, 0) is 57.0 Å². The maximum Gasteiger partial charge on any atom is 0.217 e. The van der Waals surface area contributed by atoms with Gasteiger partial charge in [0.05, 0.1) is 33.6 Å². The number of fused-ring (bicyclic) bond motifs is 1. The minimum Gasteiger partial charge on any atom is -0.491 e. The van der Waals surface area contributed by atoms with E-state index in [1.54, 1.807) is 11.3 Å². The quantitative estimate of drug-likeness (QED) is 0.352. The van der Waals surface area contributed by atoms with Crippen molar-refractivity contribution in [2.75, 3.05) is 5.32 Å². The number of nitrogens with two attached hydrogens (primary N) is 1. The van der Waals surface area contributed by atoms with E-state index in [9.17, 15) is 4.79 Å². The number of nitrogens with one attached hydrogen (secondary N) is 1. The Kier molecular flexibility index (Phi) is 6.84. The van der Waals surface area contributed by atoms with E-state index in [-0.39, 0.29) is 18.1 Å². The lowest BCUT2D eigenvalue weighted by atomic mass is 10.1. The number of primary amides is 1. The molecule has 7 nitrogen and oxygen atoms in total. The Morgan fingerprint density at radius 2 is 2.00 bits per heavy atom. The van der Waals surface area contributed by atoms with Crippen LogP contribution in [0, 0.1) is 6.92 Å². The predicted molar refractivity (Wildman–Crippen MR) is 132 cm³/mol. The van der Waals surface area contributed by atoms with Crippen LogP contribution >= 0.6 is 11.3 Å². The van der Waals surface area contributed by atoms with Gasteiger partial charge in [-0.3, -0.25) is 4.79 Å². The first-order valence-corrected chi connectivity index (χ1v) is 11.8. The van der Waals surface area contributed by atoms with E-state index in [0.29, 0.717) is 18.7 Å². The highest BCUT2D eigenvalue weighted by Crippen LogP contribution is 2.28. The van der Waals surface area contributed by atoms with Crippen LogP contribution in [-0.4, -0.2) is 27.0 Å². The molecule has 0 radical (unpaired) electrons. The van der Waals surface area contributed by atoms with E-state index >= 15 is 0 Å². The average molecular weight is 462 g/mol.